The summed E-state index contributed by atoms with van der Waals surface area (Å²) in [6.45, 7) is 14.0. The van der Waals surface area contributed by atoms with Crippen molar-refractivity contribution in [1.29, 1.82) is 0 Å². The maximum atomic E-state index is 4.82. The van der Waals surface area contributed by atoms with Crippen LogP contribution in [0.1, 0.15) is 54.5 Å². The van der Waals surface area contributed by atoms with E-state index in [9.17, 15) is 0 Å². The molecule has 279 valence electrons. The van der Waals surface area contributed by atoms with Gasteiger partial charge in [0.25, 0.3) is 0 Å². The molecule has 5 aromatic carbocycles. The van der Waals surface area contributed by atoms with Crippen molar-refractivity contribution in [2.75, 3.05) is 0 Å². The Balaban J connectivity index is 0.000000184. The van der Waals surface area contributed by atoms with E-state index in [1.54, 1.807) is 0 Å². The topological polar surface area (TPSA) is 25.8 Å². The van der Waals surface area contributed by atoms with Crippen molar-refractivity contribution in [3.63, 3.8) is 0 Å². The monoisotopic (exact) mass is 929 g/mol. The number of pyridine rings is 2. The van der Waals surface area contributed by atoms with Crippen LogP contribution in [-0.2, 0) is 32.9 Å². The van der Waals surface area contributed by atoms with Gasteiger partial charge in [-0.05, 0) is 80.2 Å². The predicted molar refractivity (Wildman–Crippen MR) is 235 cm³/mol. The largest absolute Gasteiger partial charge is 0.305 e. The van der Waals surface area contributed by atoms with Crippen LogP contribution >= 0.6 is 11.3 Å². The van der Waals surface area contributed by atoms with E-state index >= 15 is 0 Å². The van der Waals surface area contributed by atoms with Gasteiger partial charge in [0.1, 0.15) is 0 Å². The molecule has 0 amide bonds. The summed E-state index contributed by atoms with van der Waals surface area (Å²) in [6.07, 6.45) is 6.07. The van der Waals surface area contributed by atoms with Crippen LogP contribution in [0.3, 0.4) is 0 Å². The Bertz CT molecular complexity index is 2470. The fourth-order valence-corrected chi connectivity index (χ4v) is 9.96. The summed E-state index contributed by atoms with van der Waals surface area (Å²) in [5, 5.41) is 4.08. The van der Waals surface area contributed by atoms with E-state index < -0.39 is 8.07 Å². The van der Waals surface area contributed by atoms with Crippen molar-refractivity contribution in [1.82, 2.24) is 9.97 Å². The molecule has 3 aromatic heterocycles. The summed E-state index contributed by atoms with van der Waals surface area (Å²) in [4.78, 5) is 9.47. The van der Waals surface area contributed by atoms with Crippen LogP contribution in [0.4, 0.5) is 0 Å². The summed E-state index contributed by atoms with van der Waals surface area (Å²) in [6, 6.07) is 54.0. The number of hydrogen-bond donors (Lipinski definition) is 0. The molecule has 0 fully saturated rings. The Hall–Kier alpha value is -4.51. The standard InChI is InChI=1S/C26H32NSi.C24H16NS.Ir/c1-19(2)16-24-17-25(27-18-26(24)28(4,5)6)23-14-12-22(13-15-23)20(3)21-10-8-7-9-11-21;1-2-7-17(8-3-1)15-18-13-14-25-22(16-18)21-11-6-10-20-19-9-4-5-12-23(19)26-24(20)21;/h7-14,17-20H,16H2,1-6H3;1-10,12-14,16H,15H2;/q2*-1;. The molecule has 5 heteroatoms. The van der Waals surface area contributed by atoms with Crippen molar-refractivity contribution in [3.05, 3.63) is 186 Å². The van der Waals surface area contributed by atoms with E-state index in [1.807, 2.05) is 23.6 Å². The minimum atomic E-state index is -1.40. The van der Waals surface area contributed by atoms with Gasteiger partial charge in [-0.25, -0.2) is 0 Å². The van der Waals surface area contributed by atoms with Gasteiger partial charge in [-0.3, -0.25) is 0 Å². The molecule has 2 nitrogen and oxygen atoms in total. The van der Waals surface area contributed by atoms with Crippen LogP contribution in [0.5, 0.6) is 0 Å². The van der Waals surface area contributed by atoms with Crippen LogP contribution in [0.25, 0.3) is 42.7 Å². The molecule has 0 aliphatic rings. The van der Waals surface area contributed by atoms with Crippen molar-refractivity contribution in [3.8, 4) is 22.5 Å². The number of nitrogens with zero attached hydrogens (tertiary/aromatic N) is 2. The van der Waals surface area contributed by atoms with Gasteiger partial charge in [-0.1, -0.05) is 142 Å². The zero-order valence-electron chi connectivity index (χ0n) is 32.6. The van der Waals surface area contributed by atoms with Gasteiger partial charge in [-0.2, -0.15) is 11.3 Å². The molecule has 1 unspecified atom stereocenters. The molecule has 1 atom stereocenters. The van der Waals surface area contributed by atoms with Crippen molar-refractivity contribution in [2.45, 2.75) is 59.2 Å². The maximum absolute atomic E-state index is 4.82. The van der Waals surface area contributed by atoms with Gasteiger partial charge in [0.2, 0.25) is 0 Å². The molecule has 8 rings (SSSR count). The second-order valence-electron chi connectivity index (χ2n) is 15.6. The van der Waals surface area contributed by atoms with E-state index in [2.05, 4.69) is 191 Å². The normalized spacial score (nSPS) is 11.9. The number of hydrogen-bond acceptors (Lipinski definition) is 3. The first-order chi connectivity index (χ1) is 26.1. The van der Waals surface area contributed by atoms with E-state index in [1.165, 1.54) is 53.2 Å². The zero-order valence-corrected chi connectivity index (χ0v) is 36.8. The van der Waals surface area contributed by atoms with Crippen LogP contribution in [0.2, 0.25) is 19.6 Å². The van der Waals surface area contributed by atoms with Crippen molar-refractivity contribution < 1.29 is 20.1 Å². The summed E-state index contributed by atoms with van der Waals surface area (Å²) in [5.41, 5.74) is 10.9. The molecule has 0 aliphatic heterocycles. The third kappa shape index (κ3) is 9.66. The van der Waals surface area contributed by atoms with Crippen molar-refractivity contribution >= 4 is 44.8 Å². The van der Waals surface area contributed by atoms with Gasteiger partial charge in [-0.15, -0.1) is 59.2 Å². The SMILES string of the molecule is CC(C)Cc1cc(-c2[c-]cc(C(C)c3ccccc3)cc2)ncc1[Si](C)(C)C.[Ir].[c-]1ccc2c(sc3ccccc32)c1-c1cc(Cc2ccccc2)ccn1. The minimum Gasteiger partial charge on any atom is -0.305 e. The molecule has 0 saturated heterocycles. The van der Waals surface area contributed by atoms with Crippen molar-refractivity contribution in [2.24, 2.45) is 5.92 Å². The summed E-state index contributed by atoms with van der Waals surface area (Å²) < 4.78 is 2.57. The quantitative estimate of drug-likeness (QED) is 0.106. The molecule has 55 heavy (non-hydrogen) atoms. The van der Waals surface area contributed by atoms with Crippen LogP contribution in [0, 0.1) is 18.1 Å². The van der Waals surface area contributed by atoms with Gasteiger partial charge in [0.05, 0.1) is 8.07 Å². The first-order valence-electron chi connectivity index (χ1n) is 19.0. The smallest absolute Gasteiger partial charge is 0.0798 e. The number of aromatic nitrogens is 2. The average Bonchev–Trinajstić information content (AvgIpc) is 3.57. The first-order valence-corrected chi connectivity index (χ1v) is 23.3. The molecule has 0 spiro atoms. The molecule has 0 N–H and O–H groups in total. The fraction of sp³-hybridized carbons (Fsp3) is 0.200. The molecular weight excluding hydrogens is 881 g/mol. The second kappa shape index (κ2) is 18.0. The summed E-state index contributed by atoms with van der Waals surface area (Å²) >= 11 is 1.82. The van der Waals surface area contributed by atoms with Crippen LogP contribution < -0.4 is 5.19 Å². The molecule has 0 bridgehead atoms. The molecule has 0 saturated carbocycles. The predicted octanol–water partition coefficient (Wildman–Crippen LogP) is 12.9. The summed E-state index contributed by atoms with van der Waals surface area (Å²) in [5.74, 6) is 1.01. The molecular formula is C50H48IrN2SSi-2. The molecule has 3 heterocycles. The van der Waals surface area contributed by atoms with Gasteiger partial charge in [0, 0.05) is 37.2 Å². The third-order valence-corrected chi connectivity index (χ3v) is 13.3. The maximum Gasteiger partial charge on any atom is 0.0798 e. The number of rotatable bonds is 9. The van der Waals surface area contributed by atoms with Gasteiger partial charge >= 0.3 is 0 Å². The zero-order chi connectivity index (χ0) is 37.7. The minimum absolute atomic E-state index is 0. The Morgan fingerprint density at radius 3 is 2.11 bits per heavy atom. The Labute approximate surface area is 346 Å². The molecule has 0 aliphatic carbocycles. The van der Waals surface area contributed by atoms with Crippen LogP contribution in [-0.4, -0.2) is 18.0 Å². The van der Waals surface area contributed by atoms with E-state index in [0.29, 0.717) is 11.8 Å². The molecule has 1 radical (unpaired) electrons. The second-order valence-corrected chi connectivity index (χ2v) is 21.7. The first kappa shape index (κ1) is 40.2. The van der Waals surface area contributed by atoms with E-state index in [-0.39, 0.29) is 20.1 Å². The number of thiophene rings is 1. The van der Waals surface area contributed by atoms with Crippen LogP contribution in [0.15, 0.2) is 146 Å². The molecule has 8 aromatic rings. The Morgan fingerprint density at radius 1 is 0.673 bits per heavy atom. The average molecular weight is 929 g/mol. The number of benzene rings is 5. The number of fused-ring (bicyclic) bond motifs is 3. The third-order valence-electron chi connectivity index (χ3n) is 10.0. The van der Waals surface area contributed by atoms with E-state index in [0.717, 1.165) is 35.4 Å². The summed E-state index contributed by atoms with van der Waals surface area (Å²) in [7, 11) is -1.40. The van der Waals surface area contributed by atoms with Gasteiger partial charge < -0.3 is 9.97 Å². The van der Waals surface area contributed by atoms with E-state index in [4.69, 9.17) is 4.98 Å². The Morgan fingerprint density at radius 2 is 1.40 bits per heavy atom. The van der Waals surface area contributed by atoms with Gasteiger partial charge in [0.15, 0.2) is 0 Å². The Kier molecular flexibility index (Phi) is 13.1. The fourth-order valence-electron chi connectivity index (χ4n) is 7.16.